The fraction of sp³-hybridized carbons (Fsp3) is 0.649. The Morgan fingerprint density at radius 1 is 0.833 bits per heavy atom. The van der Waals surface area contributed by atoms with Crippen molar-refractivity contribution >= 4 is 29.7 Å². The fourth-order valence-electron chi connectivity index (χ4n) is 5.31. The summed E-state index contributed by atoms with van der Waals surface area (Å²) in [7, 11) is 0. The van der Waals surface area contributed by atoms with Crippen LogP contribution >= 0.6 is 0 Å². The number of carboxylic acid groups (broad SMARTS) is 1. The number of carbonyl (C=O) groups excluding carboxylic acids is 4. The Labute approximate surface area is 314 Å². The van der Waals surface area contributed by atoms with Gasteiger partial charge in [0.15, 0.2) is 6.10 Å². The standard InChI is InChI=1S/C37H54N2O15/c1-37(2,3)36(48)52-23-25-22-24(10-11-26(25)53-35-32(45)30(43)31(44)33(54-35)34(46)47)8-7-16-49-18-20-51-21-19-50-17-14-38-27(40)9-5-4-6-15-39-28(41)12-13-29(39)42/h10-13,22,30-33,35,43-45H,4-9,14-21,23H2,1-3H3,(H,38,40)(H,46,47)/t30-,31-,32+,33-,35?/m0/s1. The van der Waals surface area contributed by atoms with Crippen molar-refractivity contribution in [3.05, 3.63) is 41.5 Å². The van der Waals surface area contributed by atoms with Crippen molar-refractivity contribution in [3.8, 4) is 5.75 Å². The molecule has 1 unspecified atom stereocenters. The molecular formula is C37H54N2O15. The van der Waals surface area contributed by atoms with Gasteiger partial charge in [0.05, 0.1) is 38.4 Å². The number of unbranched alkanes of at least 4 members (excludes halogenated alkanes) is 2. The SMILES string of the molecule is CC(C)(C)C(=O)OCc1cc(CCCOCCOCCOCCNC(=O)CCCCCN2C(=O)C=CC2=O)ccc1OC1O[C@H](C(=O)O)[C@@H](O)[C@H](O)[C@H]1O. The van der Waals surface area contributed by atoms with Crippen LogP contribution in [0.5, 0.6) is 5.75 Å². The smallest absolute Gasteiger partial charge is 0.335 e. The first-order valence-electron chi connectivity index (χ1n) is 18.1. The summed E-state index contributed by atoms with van der Waals surface area (Å²) in [5, 5.41) is 42.7. The predicted molar refractivity (Wildman–Crippen MR) is 189 cm³/mol. The predicted octanol–water partition coefficient (Wildman–Crippen LogP) is 0.631. The summed E-state index contributed by atoms with van der Waals surface area (Å²) in [6, 6.07) is 5.07. The number of aryl methyl sites for hydroxylation is 1. The minimum absolute atomic E-state index is 0.0819. The fourth-order valence-corrected chi connectivity index (χ4v) is 5.31. The lowest BCUT2D eigenvalue weighted by Gasteiger charge is -2.38. The third kappa shape index (κ3) is 14.7. The summed E-state index contributed by atoms with van der Waals surface area (Å²) >= 11 is 0. The van der Waals surface area contributed by atoms with E-state index in [9.17, 15) is 44.4 Å². The molecule has 0 radical (unpaired) electrons. The normalized spacial score (nSPS) is 21.4. The van der Waals surface area contributed by atoms with Gasteiger partial charge in [-0.05, 0) is 64.2 Å². The molecule has 54 heavy (non-hydrogen) atoms. The Morgan fingerprint density at radius 3 is 2.13 bits per heavy atom. The number of aliphatic hydroxyl groups is 3. The molecule has 3 rings (SSSR count). The van der Waals surface area contributed by atoms with Crippen LogP contribution in [-0.4, -0.2) is 138 Å². The largest absolute Gasteiger partial charge is 0.479 e. The number of benzene rings is 1. The van der Waals surface area contributed by atoms with Crippen molar-refractivity contribution in [2.75, 3.05) is 52.7 Å². The summed E-state index contributed by atoms with van der Waals surface area (Å²) in [6.45, 7) is 7.94. The van der Waals surface area contributed by atoms with Crippen LogP contribution in [0.3, 0.4) is 0 Å². The lowest BCUT2D eigenvalue weighted by molar-refractivity contribution is -0.271. The van der Waals surface area contributed by atoms with Gasteiger partial charge >= 0.3 is 11.9 Å². The van der Waals surface area contributed by atoms with E-state index in [-0.39, 0.29) is 30.1 Å². The number of hydrogen-bond donors (Lipinski definition) is 5. The van der Waals surface area contributed by atoms with Gasteiger partial charge in [0, 0.05) is 43.8 Å². The molecular weight excluding hydrogens is 712 g/mol. The Bertz CT molecular complexity index is 1410. The Kier molecular flexibility index (Phi) is 18.4. The molecule has 1 saturated heterocycles. The highest BCUT2D eigenvalue weighted by molar-refractivity contribution is 6.12. The van der Waals surface area contributed by atoms with E-state index >= 15 is 0 Å². The van der Waals surface area contributed by atoms with Gasteiger partial charge in [0.2, 0.25) is 12.2 Å². The van der Waals surface area contributed by atoms with Crippen LogP contribution in [0.1, 0.15) is 64.0 Å². The number of esters is 1. The first-order chi connectivity index (χ1) is 25.7. The van der Waals surface area contributed by atoms with Crippen LogP contribution in [0.4, 0.5) is 0 Å². The van der Waals surface area contributed by atoms with E-state index in [4.69, 9.17) is 28.4 Å². The molecule has 0 spiro atoms. The summed E-state index contributed by atoms with van der Waals surface area (Å²) in [4.78, 5) is 60.2. The number of carbonyl (C=O) groups is 5. The average molecular weight is 767 g/mol. The van der Waals surface area contributed by atoms with Crippen LogP contribution in [-0.2, 0) is 60.7 Å². The number of aliphatic carboxylic acids is 1. The van der Waals surface area contributed by atoms with Crippen LogP contribution in [0.15, 0.2) is 30.4 Å². The van der Waals surface area contributed by atoms with Gasteiger partial charge in [-0.3, -0.25) is 24.1 Å². The molecule has 17 nitrogen and oxygen atoms in total. The van der Waals surface area contributed by atoms with Crippen LogP contribution in [0.25, 0.3) is 0 Å². The van der Waals surface area contributed by atoms with Crippen molar-refractivity contribution in [3.63, 3.8) is 0 Å². The van der Waals surface area contributed by atoms with E-state index in [1.54, 1.807) is 39.0 Å². The van der Waals surface area contributed by atoms with Crippen LogP contribution < -0.4 is 10.1 Å². The molecule has 17 heteroatoms. The van der Waals surface area contributed by atoms with Crippen molar-refractivity contribution < 1.29 is 72.8 Å². The van der Waals surface area contributed by atoms with E-state index in [0.29, 0.717) is 90.4 Å². The molecule has 2 aliphatic heterocycles. The van der Waals surface area contributed by atoms with Crippen molar-refractivity contribution in [1.29, 1.82) is 0 Å². The van der Waals surface area contributed by atoms with Gasteiger partial charge in [0.25, 0.3) is 11.8 Å². The molecule has 1 fully saturated rings. The molecule has 2 aliphatic rings. The quantitative estimate of drug-likeness (QED) is 0.0551. The zero-order valence-electron chi connectivity index (χ0n) is 31.1. The minimum atomic E-state index is -1.86. The molecule has 302 valence electrons. The second-order valence-electron chi connectivity index (χ2n) is 13.9. The summed E-state index contributed by atoms with van der Waals surface area (Å²) in [5.74, 6) is -2.54. The molecule has 0 aromatic heterocycles. The number of hydrogen-bond acceptors (Lipinski definition) is 14. The lowest BCUT2D eigenvalue weighted by Crippen LogP contribution is -2.61. The highest BCUT2D eigenvalue weighted by Crippen LogP contribution is 2.29. The molecule has 0 aliphatic carbocycles. The van der Waals surface area contributed by atoms with E-state index in [0.717, 1.165) is 12.0 Å². The van der Waals surface area contributed by atoms with Crippen LogP contribution in [0, 0.1) is 5.41 Å². The third-order valence-electron chi connectivity index (χ3n) is 8.40. The van der Waals surface area contributed by atoms with Gasteiger partial charge in [-0.15, -0.1) is 0 Å². The number of amides is 3. The van der Waals surface area contributed by atoms with Gasteiger partial charge in [-0.25, -0.2) is 4.79 Å². The van der Waals surface area contributed by atoms with E-state index in [2.05, 4.69) is 5.32 Å². The summed E-state index contributed by atoms with van der Waals surface area (Å²) in [6.07, 6.45) is -2.73. The van der Waals surface area contributed by atoms with Crippen molar-refractivity contribution in [2.24, 2.45) is 5.41 Å². The number of carboxylic acids is 1. The molecule has 3 amide bonds. The number of ether oxygens (including phenoxy) is 6. The lowest BCUT2D eigenvalue weighted by atomic mass is 9.97. The van der Waals surface area contributed by atoms with Gasteiger partial charge in [-0.1, -0.05) is 12.5 Å². The first kappa shape index (κ1) is 44.4. The number of imide groups is 1. The molecule has 5 atom stereocenters. The Hall–Kier alpha value is -3.97. The maximum atomic E-state index is 12.5. The minimum Gasteiger partial charge on any atom is -0.479 e. The zero-order chi connectivity index (χ0) is 39.7. The van der Waals surface area contributed by atoms with Gasteiger partial charge in [0.1, 0.15) is 30.7 Å². The maximum Gasteiger partial charge on any atom is 0.335 e. The first-order valence-corrected chi connectivity index (χ1v) is 18.1. The van der Waals surface area contributed by atoms with Gasteiger partial charge in [-0.2, -0.15) is 0 Å². The summed E-state index contributed by atoms with van der Waals surface area (Å²) in [5.41, 5.74) is 0.517. The monoisotopic (exact) mass is 766 g/mol. The van der Waals surface area contributed by atoms with E-state index < -0.39 is 48.1 Å². The molecule has 1 aromatic rings. The number of aliphatic hydroxyl groups excluding tert-OH is 3. The topological polar surface area (TPSA) is 237 Å². The second kappa shape index (κ2) is 22.4. The molecule has 5 N–H and O–H groups in total. The number of nitrogens with one attached hydrogen (secondary N) is 1. The van der Waals surface area contributed by atoms with E-state index in [1.807, 2.05) is 0 Å². The van der Waals surface area contributed by atoms with Crippen LogP contribution in [0.2, 0.25) is 0 Å². The number of rotatable bonds is 24. The number of nitrogens with zero attached hydrogens (tertiary/aromatic N) is 1. The Balaban J connectivity index is 1.28. The van der Waals surface area contributed by atoms with Crippen molar-refractivity contribution in [2.45, 2.75) is 96.6 Å². The van der Waals surface area contributed by atoms with E-state index in [1.165, 1.54) is 17.1 Å². The summed E-state index contributed by atoms with van der Waals surface area (Å²) < 4.78 is 33.1. The average Bonchev–Trinajstić information content (AvgIpc) is 3.44. The van der Waals surface area contributed by atoms with Gasteiger partial charge < -0.3 is 54.2 Å². The third-order valence-corrected chi connectivity index (χ3v) is 8.40. The highest BCUT2D eigenvalue weighted by atomic mass is 16.7. The highest BCUT2D eigenvalue weighted by Gasteiger charge is 2.48. The Morgan fingerprint density at radius 2 is 1.48 bits per heavy atom. The molecule has 0 saturated carbocycles. The van der Waals surface area contributed by atoms with Crippen molar-refractivity contribution in [1.82, 2.24) is 10.2 Å². The second-order valence-corrected chi connectivity index (χ2v) is 13.9. The molecule has 0 bridgehead atoms. The maximum absolute atomic E-state index is 12.5. The molecule has 2 heterocycles. The molecule has 1 aromatic carbocycles. The zero-order valence-corrected chi connectivity index (χ0v) is 31.1.